The van der Waals surface area contributed by atoms with Gasteiger partial charge >= 0.3 is 58.2 Å². The molecule has 0 saturated carbocycles. The predicted molar refractivity (Wildman–Crippen MR) is 40.1 cm³/mol. The number of hydrogen-bond acceptors (Lipinski definition) is 1. The molecule has 1 aromatic carbocycles. The van der Waals surface area contributed by atoms with Gasteiger partial charge in [0.05, 0.1) is 0 Å². The van der Waals surface area contributed by atoms with E-state index in [9.17, 15) is 4.79 Å². The van der Waals surface area contributed by atoms with Gasteiger partial charge in [0.25, 0.3) is 0 Å². The van der Waals surface area contributed by atoms with Crippen molar-refractivity contribution in [3.05, 3.63) is 34.9 Å². The molecule has 0 amide bonds. The Bertz CT molecular complexity index is 256. The Kier molecular flexibility index (Phi) is 5.70. The van der Waals surface area contributed by atoms with Crippen LogP contribution in [-0.4, -0.2) is 6.29 Å². The summed E-state index contributed by atoms with van der Waals surface area (Å²) in [6, 6.07) is 6.56. The predicted octanol–water partition coefficient (Wildman–Crippen LogP) is -1.08. The van der Waals surface area contributed by atoms with Gasteiger partial charge in [-0.25, -0.2) is 0 Å². The first-order valence-electron chi connectivity index (χ1n) is 3.19. The van der Waals surface area contributed by atoms with Gasteiger partial charge in [-0.05, 0) is 0 Å². The summed E-state index contributed by atoms with van der Waals surface area (Å²) in [6.07, 6.45) is 0.871. The molecule has 0 aliphatic carbocycles. The number of carbonyl (C=O) groups excluding carboxylic acids is 1. The summed E-state index contributed by atoms with van der Waals surface area (Å²) in [5, 5.41) is 0. The Balaban J connectivity index is 0.000001000. The van der Waals surface area contributed by atoms with Gasteiger partial charge in [0.1, 0.15) is 6.29 Å². The molecule has 0 bridgehead atoms. The van der Waals surface area contributed by atoms with Crippen LogP contribution in [0.5, 0.6) is 0 Å². The van der Waals surface area contributed by atoms with Gasteiger partial charge in [-0.3, -0.25) is 0 Å². The van der Waals surface area contributed by atoms with Gasteiger partial charge in [-0.15, -0.1) is 5.56 Å². The molecular formula is C9H9ORb. The number of aryl methyl sites for hydroxylation is 1. The van der Waals surface area contributed by atoms with E-state index in [1.165, 1.54) is 0 Å². The molecule has 0 aromatic heterocycles. The standard InChI is InChI=1S/C9H9O.Rb/c1-7-4-3-5-9(6-10)8(7)2;/h3,5-6H,1-2H3;/q-1;+1. The monoisotopic (exact) mass is 218 g/mol. The third-order valence-corrected chi connectivity index (χ3v) is 1.69. The van der Waals surface area contributed by atoms with Gasteiger partial charge in [-0.2, -0.15) is 23.8 Å². The van der Waals surface area contributed by atoms with Crippen molar-refractivity contribution in [3.8, 4) is 0 Å². The Morgan fingerprint density at radius 2 is 2.09 bits per heavy atom. The molecular weight excluding hydrogens is 210 g/mol. The van der Waals surface area contributed by atoms with Crippen LogP contribution in [0.4, 0.5) is 0 Å². The maximum absolute atomic E-state index is 10.4. The third kappa shape index (κ3) is 2.90. The number of hydrogen-bond donors (Lipinski definition) is 0. The molecule has 0 aliphatic heterocycles. The molecule has 0 heterocycles. The molecule has 1 nitrogen and oxygen atoms in total. The van der Waals surface area contributed by atoms with Gasteiger partial charge < -0.3 is 4.79 Å². The molecule has 0 radical (unpaired) electrons. The Morgan fingerprint density at radius 3 is 2.55 bits per heavy atom. The number of carbonyl (C=O) groups is 1. The van der Waals surface area contributed by atoms with Gasteiger partial charge in [-0.1, -0.05) is 19.4 Å². The van der Waals surface area contributed by atoms with E-state index >= 15 is 0 Å². The quantitative estimate of drug-likeness (QED) is 0.433. The van der Waals surface area contributed by atoms with Crippen LogP contribution < -0.4 is 58.2 Å². The van der Waals surface area contributed by atoms with E-state index in [4.69, 9.17) is 0 Å². The minimum Gasteiger partial charge on any atom is -0.300 e. The van der Waals surface area contributed by atoms with Crippen LogP contribution in [0.1, 0.15) is 21.5 Å². The van der Waals surface area contributed by atoms with E-state index in [-0.39, 0.29) is 58.2 Å². The van der Waals surface area contributed by atoms with Crippen LogP contribution in [0.3, 0.4) is 0 Å². The smallest absolute Gasteiger partial charge is 0.300 e. The Labute approximate surface area is 116 Å². The fourth-order valence-corrected chi connectivity index (χ4v) is 0.834. The first kappa shape index (κ1) is 11.7. The van der Waals surface area contributed by atoms with Crippen molar-refractivity contribution in [2.24, 2.45) is 0 Å². The topological polar surface area (TPSA) is 17.1 Å². The summed E-state index contributed by atoms with van der Waals surface area (Å²) in [5.74, 6) is 0. The van der Waals surface area contributed by atoms with E-state index in [0.717, 1.165) is 23.0 Å². The van der Waals surface area contributed by atoms with Crippen molar-refractivity contribution < 1.29 is 63.0 Å². The Morgan fingerprint density at radius 1 is 1.45 bits per heavy atom. The molecule has 1 aromatic rings. The van der Waals surface area contributed by atoms with Crippen LogP contribution >= 0.6 is 0 Å². The van der Waals surface area contributed by atoms with Gasteiger partial charge in [0.2, 0.25) is 0 Å². The SMILES string of the molecule is Cc1[c-]ccc(C=O)c1C.[Rb+]. The second-order valence-corrected chi connectivity index (χ2v) is 2.30. The summed E-state index contributed by atoms with van der Waals surface area (Å²) < 4.78 is 0. The fourth-order valence-electron chi connectivity index (χ4n) is 0.834. The zero-order chi connectivity index (χ0) is 7.56. The minimum atomic E-state index is 0. The first-order chi connectivity index (χ1) is 4.75. The summed E-state index contributed by atoms with van der Waals surface area (Å²) in [4.78, 5) is 10.4. The van der Waals surface area contributed by atoms with Crippen LogP contribution in [-0.2, 0) is 0 Å². The normalized spacial score (nSPS) is 8.55. The van der Waals surface area contributed by atoms with E-state index in [2.05, 4.69) is 6.07 Å². The van der Waals surface area contributed by atoms with Crippen LogP contribution in [0, 0.1) is 19.9 Å². The molecule has 0 N–H and O–H groups in total. The second-order valence-electron chi connectivity index (χ2n) is 2.30. The molecule has 52 valence electrons. The zero-order valence-corrected chi connectivity index (χ0v) is 12.1. The molecule has 0 fully saturated rings. The summed E-state index contributed by atoms with van der Waals surface area (Å²) in [5.41, 5.74) is 2.83. The van der Waals surface area contributed by atoms with Gasteiger partial charge in [0.15, 0.2) is 0 Å². The van der Waals surface area contributed by atoms with Crippen molar-refractivity contribution in [1.82, 2.24) is 0 Å². The van der Waals surface area contributed by atoms with Crippen LogP contribution in [0.15, 0.2) is 12.1 Å². The van der Waals surface area contributed by atoms with Crippen molar-refractivity contribution in [3.63, 3.8) is 0 Å². The summed E-state index contributed by atoms with van der Waals surface area (Å²) in [6.45, 7) is 3.87. The molecule has 1 rings (SSSR count). The third-order valence-electron chi connectivity index (χ3n) is 1.69. The zero-order valence-electron chi connectivity index (χ0n) is 7.14. The number of benzene rings is 1. The minimum absolute atomic E-state index is 0. The molecule has 11 heavy (non-hydrogen) atoms. The Hall–Kier alpha value is 0.695. The van der Waals surface area contributed by atoms with Crippen molar-refractivity contribution in [2.45, 2.75) is 13.8 Å². The van der Waals surface area contributed by atoms with E-state index < -0.39 is 0 Å². The molecule has 0 spiro atoms. The summed E-state index contributed by atoms with van der Waals surface area (Å²) >= 11 is 0. The first-order valence-corrected chi connectivity index (χ1v) is 3.19. The fraction of sp³-hybridized carbons (Fsp3) is 0.222. The second kappa shape index (κ2) is 5.36. The summed E-state index contributed by atoms with van der Waals surface area (Å²) in [7, 11) is 0. The molecule has 0 aliphatic rings. The van der Waals surface area contributed by atoms with Crippen LogP contribution in [0.2, 0.25) is 0 Å². The van der Waals surface area contributed by atoms with Crippen molar-refractivity contribution in [1.29, 1.82) is 0 Å². The van der Waals surface area contributed by atoms with Gasteiger partial charge in [0, 0.05) is 0 Å². The largest absolute Gasteiger partial charge is 1.00 e. The molecule has 0 unspecified atom stereocenters. The van der Waals surface area contributed by atoms with E-state index in [1.807, 2.05) is 13.8 Å². The number of rotatable bonds is 1. The average molecular weight is 219 g/mol. The average Bonchev–Trinajstić information content (AvgIpc) is 1.95. The van der Waals surface area contributed by atoms with Crippen molar-refractivity contribution >= 4 is 6.29 Å². The number of aldehydes is 1. The van der Waals surface area contributed by atoms with E-state index in [0.29, 0.717) is 0 Å². The van der Waals surface area contributed by atoms with Crippen LogP contribution in [0.25, 0.3) is 0 Å². The molecule has 2 heteroatoms. The maximum atomic E-state index is 10.4. The van der Waals surface area contributed by atoms with Crippen molar-refractivity contribution in [2.75, 3.05) is 0 Å². The maximum Gasteiger partial charge on any atom is 1.00 e. The van der Waals surface area contributed by atoms with E-state index in [1.54, 1.807) is 12.1 Å². The molecule has 0 atom stereocenters. The molecule has 0 saturated heterocycles.